The second-order valence-corrected chi connectivity index (χ2v) is 19.5. The van der Waals surface area contributed by atoms with E-state index in [4.69, 9.17) is 0 Å². The maximum absolute atomic E-state index is 2.60. The van der Waals surface area contributed by atoms with Gasteiger partial charge in [0.15, 0.2) is 0 Å². The molecule has 0 saturated carbocycles. The predicted octanol–water partition coefficient (Wildman–Crippen LogP) is 17.7. The van der Waals surface area contributed by atoms with E-state index in [0.29, 0.717) is 0 Å². The maximum Gasteiger partial charge on any atom is 0.0159 e. The Labute approximate surface area is 373 Å². The van der Waals surface area contributed by atoms with Crippen LogP contribution in [0.25, 0.3) is 120 Å². The molecule has 64 heavy (non-hydrogen) atoms. The number of benzene rings is 12. The molecule has 0 heteroatoms. The van der Waals surface area contributed by atoms with Crippen LogP contribution in [0.5, 0.6) is 0 Å². The highest BCUT2D eigenvalue weighted by Gasteiger charge is 2.43. The van der Waals surface area contributed by atoms with E-state index >= 15 is 0 Å². The van der Waals surface area contributed by atoms with Crippen LogP contribution in [0.4, 0.5) is 0 Å². The van der Waals surface area contributed by atoms with Crippen LogP contribution in [0.2, 0.25) is 0 Å². The lowest BCUT2D eigenvalue weighted by atomic mass is 9.76. The molecule has 0 fully saturated rings. The minimum atomic E-state index is -0.225. The first kappa shape index (κ1) is 36.0. The van der Waals surface area contributed by atoms with E-state index in [1.807, 2.05) is 0 Å². The van der Waals surface area contributed by atoms with Gasteiger partial charge in [-0.2, -0.15) is 0 Å². The van der Waals surface area contributed by atoms with E-state index in [2.05, 4.69) is 222 Å². The second kappa shape index (κ2) is 12.6. The third-order valence-electron chi connectivity index (χ3n) is 15.6. The Morgan fingerprint density at radius 2 is 0.656 bits per heavy atom. The Balaban J connectivity index is 1.03. The largest absolute Gasteiger partial charge is 0.0616 e. The Morgan fingerprint density at radius 3 is 1.27 bits per heavy atom. The number of fused-ring (bicyclic) bond motifs is 17. The molecular formula is C64H44. The lowest BCUT2D eigenvalue weighted by Gasteiger charge is -2.26. The third-order valence-corrected chi connectivity index (χ3v) is 15.6. The minimum absolute atomic E-state index is 0.163. The fraction of sp³-hybridized carbons (Fsp3) is 0.0938. The van der Waals surface area contributed by atoms with Crippen molar-refractivity contribution in [1.82, 2.24) is 0 Å². The summed E-state index contributed by atoms with van der Waals surface area (Å²) >= 11 is 0. The van der Waals surface area contributed by atoms with Crippen LogP contribution in [-0.2, 0) is 10.8 Å². The Kier molecular flexibility index (Phi) is 7.06. The van der Waals surface area contributed by atoms with Crippen molar-refractivity contribution >= 4 is 75.4 Å². The fourth-order valence-electron chi connectivity index (χ4n) is 12.5. The van der Waals surface area contributed by atoms with Crippen molar-refractivity contribution in [1.29, 1.82) is 0 Å². The summed E-state index contributed by atoms with van der Waals surface area (Å²) in [5, 5.41) is 18.2. The van der Waals surface area contributed by atoms with Crippen molar-refractivity contribution in [3.8, 4) is 44.5 Å². The Hall–Kier alpha value is -7.54. The molecule has 2 aliphatic carbocycles. The summed E-state index contributed by atoms with van der Waals surface area (Å²) in [4.78, 5) is 0. The van der Waals surface area contributed by atoms with Gasteiger partial charge in [0, 0.05) is 10.8 Å². The molecule has 0 aromatic heterocycles. The van der Waals surface area contributed by atoms with Gasteiger partial charge in [-0.25, -0.2) is 0 Å². The molecule has 0 atom stereocenters. The number of rotatable bonds is 2. The Bertz CT molecular complexity index is 4010. The maximum atomic E-state index is 2.60. The highest BCUT2D eigenvalue weighted by Crippen LogP contribution is 2.59. The van der Waals surface area contributed by atoms with Gasteiger partial charge in [-0.3, -0.25) is 0 Å². The van der Waals surface area contributed by atoms with Crippen LogP contribution in [0, 0.1) is 0 Å². The van der Waals surface area contributed by atoms with Crippen molar-refractivity contribution < 1.29 is 0 Å². The van der Waals surface area contributed by atoms with Gasteiger partial charge in [0.2, 0.25) is 0 Å². The van der Waals surface area contributed by atoms with E-state index in [-0.39, 0.29) is 10.8 Å². The van der Waals surface area contributed by atoms with Crippen molar-refractivity contribution in [2.24, 2.45) is 0 Å². The number of hydrogen-bond acceptors (Lipinski definition) is 0. The molecule has 12 aromatic carbocycles. The zero-order valence-electron chi connectivity index (χ0n) is 36.5. The highest BCUT2D eigenvalue weighted by molar-refractivity contribution is 6.27. The van der Waals surface area contributed by atoms with Gasteiger partial charge < -0.3 is 0 Å². The van der Waals surface area contributed by atoms with Crippen molar-refractivity contribution in [2.75, 3.05) is 0 Å². The smallest absolute Gasteiger partial charge is 0.0159 e. The van der Waals surface area contributed by atoms with Gasteiger partial charge in [0.1, 0.15) is 0 Å². The minimum Gasteiger partial charge on any atom is -0.0616 e. The van der Waals surface area contributed by atoms with Gasteiger partial charge in [0.25, 0.3) is 0 Å². The highest BCUT2D eigenvalue weighted by atomic mass is 14.5. The van der Waals surface area contributed by atoms with E-state index in [9.17, 15) is 0 Å². The monoisotopic (exact) mass is 812 g/mol. The molecule has 0 amide bonds. The second-order valence-electron chi connectivity index (χ2n) is 19.5. The molecule has 0 N–H and O–H groups in total. The topological polar surface area (TPSA) is 0 Å². The molecular weight excluding hydrogens is 769 g/mol. The number of hydrogen-bond donors (Lipinski definition) is 0. The van der Waals surface area contributed by atoms with Crippen LogP contribution in [0.15, 0.2) is 194 Å². The molecule has 0 bridgehead atoms. The average molecular weight is 813 g/mol. The molecule has 14 rings (SSSR count). The lowest BCUT2D eigenvalue weighted by molar-refractivity contribution is 0.640. The quantitative estimate of drug-likeness (QED) is 0.120. The van der Waals surface area contributed by atoms with E-state index in [1.165, 1.54) is 142 Å². The fourth-order valence-corrected chi connectivity index (χ4v) is 12.5. The summed E-state index contributed by atoms with van der Waals surface area (Å²) in [6.07, 6.45) is 0. The van der Waals surface area contributed by atoms with Crippen LogP contribution in [-0.4, -0.2) is 0 Å². The van der Waals surface area contributed by atoms with E-state index in [1.54, 1.807) is 0 Å². The summed E-state index contributed by atoms with van der Waals surface area (Å²) in [7, 11) is 0. The van der Waals surface area contributed by atoms with Crippen molar-refractivity contribution in [3.63, 3.8) is 0 Å². The summed E-state index contributed by atoms with van der Waals surface area (Å²) in [6.45, 7) is 9.81. The van der Waals surface area contributed by atoms with Gasteiger partial charge in [-0.05, 0) is 173 Å². The van der Waals surface area contributed by atoms with Gasteiger partial charge in [-0.15, -0.1) is 0 Å². The van der Waals surface area contributed by atoms with Crippen LogP contribution in [0.3, 0.4) is 0 Å². The van der Waals surface area contributed by atoms with Crippen molar-refractivity contribution in [3.05, 3.63) is 216 Å². The molecule has 2 aliphatic rings. The summed E-state index contributed by atoms with van der Waals surface area (Å²) < 4.78 is 0. The lowest BCUT2D eigenvalue weighted by Crippen LogP contribution is -2.19. The van der Waals surface area contributed by atoms with Gasteiger partial charge >= 0.3 is 0 Å². The standard InChI is InChI=1S/C64H44/c1-63(2)56-34-51-43-22-10-8-20-41(43)40-19-7-9-21-42(40)50(51)32-52(56)53-33-55-58(36-57(53)63)64(3,4)59-35-54(44-23-11-12-24-45(44)62(55)59)61-48-27-15-13-25-46(48)60(47-26-14-16-28-49(47)61)39-30-29-37-17-5-6-18-38(37)31-39/h5-36H,1-4H3. The first-order chi connectivity index (χ1) is 31.3. The summed E-state index contributed by atoms with van der Waals surface area (Å²) in [6, 6.07) is 73.8. The SMILES string of the molecule is CC1(C)c2cc3c(cc2-c2cc4c5ccccc5c5ccccc5c4cc21)-c1c(cc(-c2c4ccccc4c(-c4ccc5ccccc5c4)c4ccccc24)c2ccccc12)C3(C)C. The predicted molar refractivity (Wildman–Crippen MR) is 275 cm³/mol. The molecule has 0 nitrogen and oxygen atoms in total. The zero-order chi connectivity index (χ0) is 42.6. The van der Waals surface area contributed by atoms with Crippen molar-refractivity contribution in [2.45, 2.75) is 38.5 Å². The first-order valence-corrected chi connectivity index (χ1v) is 22.8. The molecule has 0 saturated heterocycles. The molecule has 0 unspecified atom stereocenters. The normalized spacial score (nSPS) is 14.5. The van der Waals surface area contributed by atoms with Gasteiger partial charge in [-0.1, -0.05) is 191 Å². The Morgan fingerprint density at radius 1 is 0.234 bits per heavy atom. The van der Waals surface area contributed by atoms with Gasteiger partial charge in [0.05, 0.1) is 0 Å². The molecule has 0 radical (unpaired) electrons. The average Bonchev–Trinajstić information content (AvgIpc) is 3.69. The molecule has 0 aliphatic heterocycles. The van der Waals surface area contributed by atoms with Crippen LogP contribution >= 0.6 is 0 Å². The van der Waals surface area contributed by atoms with Crippen LogP contribution < -0.4 is 0 Å². The molecule has 0 heterocycles. The molecule has 12 aromatic rings. The molecule has 0 spiro atoms. The zero-order valence-corrected chi connectivity index (χ0v) is 36.5. The first-order valence-electron chi connectivity index (χ1n) is 22.8. The van der Waals surface area contributed by atoms with E-state index < -0.39 is 0 Å². The summed E-state index contributed by atoms with van der Waals surface area (Å²) in [5.41, 5.74) is 15.9. The van der Waals surface area contributed by atoms with Crippen LogP contribution in [0.1, 0.15) is 49.9 Å². The third kappa shape index (κ3) is 4.62. The molecule has 300 valence electrons. The summed E-state index contributed by atoms with van der Waals surface area (Å²) in [5.74, 6) is 0. The van der Waals surface area contributed by atoms with E-state index in [0.717, 1.165) is 0 Å².